The fourth-order valence-electron chi connectivity index (χ4n) is 1.99. The van der Waals surface area contributed by atoms with E-state index in [2.05, 4.69) is 10.1 Å². The van der Waals surface area contributed by atoms with Crippen molar-refractivity contribution in [2.75, 3.05) is 6.61 Å². The maximum absolute atomic E-state index is 9.32. The summed E-state index contributed by atoms with van der Waals surface area (Å²) < 4.78 is 7.37. The SMILES string of the molecule is Cc1nc2sc(CCOc3ccccc3)nn2c1CO. The number of hydrogen-bond acceptors (Lipinski definition) is 5. The maximum Gasteiger partial charge on any atom is 0.212 e. The minimum absolute atomic E-state index is 0.0450. The topological polar surface area (TPSA) is 59.7 Å². The Balaban J connectivity index is 1.67. The smallest absolute Gasteiger partial charge is 0.212 e. The highest BCUT2D eigenvalue weighted by molar-refractivity contribution is 7.16. The number of hydrogen-bond donors (Lipinski definition) is 1. The first-order chi connectivity index (χ1) is 9.78. The van der Waals surface area contributed by atoms with Crippen LogP contribution in [-0.4, -0.2) is 26.3 Å². The maximum atomic E-state index is 9.32. The predicted octanol–water partition coefficient (Wildman–Crippen LogP) is 2.21. The van der Waals surface area contributed by atoms with Gasteiger partial charge in [0.1, 0.15) is 10.8 Å². The van der Waals surface area contributed by atoms with Crippen molar-refractivity contribution in [2.45, 2.75) is 20.0 Å². The molecule has 0 radical (unpaired) electrons. The molecule has 20 heavy (non-hydrogen) atoms. The Morgan fingerprint density at radius 3 is 2.85 bits per heavy atom. The number of rotatable bonds is 5. The largest absolute Gasteiger partial charge is 0.493 e. The Bertz CT molecular complexity index is 706. The van der Waals surface area contributed by atoms with Gasteiger partial charge in [0.25, 0.3) is 0 Å². The summed E-state index contributed by atoms with van der Waals surface area (Å²) in [7, 11) is 0. The van der Waals surface area contributed by atoms with E-state index in [1.165, 1.54) is 11.3 Å². The Kier molecular flexibility index (Phi) is 3.66. The van der Waals surface area contributed by atoms with Crippen LogP contribution in [0.25, 0.3) is 4.96 Å². The van der Waals surface area contributed by atoms with Crippen molar-refractivity contribution in [3.8, 4) is 5.75 Å². The zero-order chi connectivity index (χ0) is 13.9. The molecule has 2 heterocycles. The van der Waals surface area contributed by atoms with E-state index in [0.29, 0.717) is 6.61 Å². The lowest BCUT2D eigenvalue weighted by Gasteiger charge is -2.03. The molecule has 1 N–H and O–H groups in total. The molecule has 0 aliphatic carbocycles. The number of fused-ring (bicyclic) bond motifs is 1. The van der Waals surface area contributed by atoms with Gasteiger partial charge in [0.2, 0.25) is 4.96 Å². The lowest BCUT2D eigenvalue weighted by molar-refractivity contribution is 0.273. The second-order valence-electron chi connectivity index (χ2n) is 4.40. The van der Waals surface area contributed by atoms with E-state index in [1.807, 2.05) is 37.3 Å². The van der Waals surface area contributed by atoms with Gasteiger partial charge in [0, 0.05) is 6.42 Å². The number of aryl methyl sites for hydroxylation is 1. The van der Waals surface area contributed by atoms with Gasteiger partial charge in [0.15, 0.2) is 0 Å². The molecule has 5 nitrogen and oxygen atoms in total. The summed E-state index contributed by atoms with van der Waals surface area (Å²) in [5.41, 5.74) is 1.59. The van der Waals surface area contributed by atoms with Crippen molar-refractivity contribution >= 4 is 16.3 Å². The van der Waals surface area contributed by atoms with E-state index in [4.69, 9.17) is 4.74 Å². The first-order valence-corrected chi connectivity index (χ1v) is 7.22. The molecule has 0 aliphatic heterocycles. The number of benzene rings is 1. The first-order valence-electron chi connectivity index (χ1n) is 6.40. The highest BCUT2D eigenvalue weighted by Gasteiger charge is 2.12. The van der Waals surface area contributed by atoms with E-state index in [1.54, 1.807) is 4.52 Å². The normalized spacial score (nSPS) is 11.1. The molecule has 3 aromatic rings. The summed E-state index contributed by atoms with van der Waals surface area (Å²) in [4.78, 5) is 5.21. The van der Waals surface area contributed by atoms with Crippen molar-refractivity contribution in [2.24, 2.45) is 0 Å². The van der Waals surface area contributed by atoms with Gasteiger partial charge in [-0.25, -0.2) is 9.50 Å². The van der Waals surface area contributed by atoms with Crippen LogP contribution in [0.4, 0.5) is 0 Å². The second-order valence-corrected chi connectivity index (χ2v) is 5.44. The molecule has 0 saturated carbocycles. The molecular weight excluding hydrogens is 274 g/mol. The van der Waals surface area contributed by atoms with Gasteiger partial charge in [-0.3, -0.25) is 0 Å². The van der Waals surface area contributed by atoms with E-state index in [9.17, 15) is 5.11 Å². The molecular formula is C14H15N3O2S. The average molecular weight is 289 g/mol. The van der Waals surface area contributed by atoms with Crippen molar-refractivity contribution in [1.82, 2.24) is 14.6 Å². The lowest BCUT2D eigenvalue weighted by Crippen LogP contribution is -2.02. The van der Waals surface area contributed by atoms with Gasteiger partial charge in [-0.05, 0) is 19.1 Å². The van der Waals surface area contributed by atoms with Gasteiger partial charge in [-0.15, -0.1) is 0 Å². The molecule has 2 aromatic heterocycles. The van der Waals surface area contributed by atoms with Crippen LogP contribution >= 0.6 is 11.3 Å². The summed E-state index contributed by atoms with van der Waals surface area (Å²) in [6.45, 7) is 2.41. The Morgan fingerprint density at radius 2 is 2.10 bits per heavy atom. The quantitative estimate of drug-likeness (QED) is 0.782. The first kappa shape index (κ1) is 13.1. The van der Waals surface area contributed by atoms with Crippen molar-refractivity contribution in [3.63, 3.8) is 0 Å². The van der Waals surface area contributed by atoms with Crippen molar-refractivity contribution < 1.29 is 9.84 Å². The van der Waals surface area contributed by atoms with Crippen LogP contribution in [-0.2, 0) is 13.0 Å². The molecule has 1 aromatic carbocycles. The Labute approximate surface area is 120 Å². The zero-order valence-electron chi connectivity index (χ0n) is 11.1. The third kappa shape index (κ3) is 2.52. The molecule has 6 heteroatoms. The zero-order valence-corrected chi connectivity index (χ0v) is 11.9. The van der Waals surface area contributed by atoms with E-state index in [0.717, 1.165) is 33.5 Å². The number of aromatic nitrogens is 3. The number of nitrogens with zero attached hydrogens (tertiary/aromatic N) is 3. The molecule has 0 fully saturated rings. The number of para-hydroxylation sites is 1. The molecule has 0 atom stereocenters. The van der Waals surface area contributed by atoms with E-state index < -0.39 is 0 Å². The summed E-state index contributed by atoms with van der Waals surface area (Å²) in [6, 6.07) is 9.72. The number of aliphatic hydroxyl groups excluding tert-OH is 1. The van der Waals surface area contributed by atoms with Crippen LogP contribution in [0, 0.1) is 6.92 Å². The van der Waals surface area contributed by atoms with Crippen LogP contribution < -0.4 is 4.74 Å². The van der Waals surface area contributed by atoms with Gasteiger partial charge < -0.3 is 9.84 Å². The molecule has 3 rings (SSSR count). The van der Waals surface area contributed by atoms with Crippen LogP contribution in [0.2, 0.25) is 0 Å². The standard InChI is InChI=1S/C14H15N3O2S/c1-10-12(9-18)17-14(15-10)20-13(16-17)7-8-19-11-5-3-2-4-6-11/h2-6,18H,7-9H2,1H3. The average Bonchev–Trinajstić information content (AvgIpc) is 2.96. The lowest BCUT2D eigenvalue weighted by atomic mass is 10.3. The number of ether oxygens (including phenoxy) is 1. The number of aliphatic hydroxyl groups is 1. The summed E-state index contributed by atoms with van der Waals surface area (Å²) in [6.07, 6.45) is 0.729. The molecule has 0 saturated heterocycles. The van der Waals surface area contributed by atoms with Crippen molar-refractivity contribution in [3.05, 3.63) is 46.7 Å². The third-order valence-corrected chi connectivity index (χ3v) is 3.98. The molecule has 0 spiro atoms. The van der Waals surface area contributed by atoms with Gasteiger partial charge in [0.05, 0.1) is 24.6 Å². The molecule has 0 bridgehead atoms. The second kappa shape index (κ2) is 5.60. The number of imidazole rings is 1. The molecule has 104 valence electrons. The predicted molar refractivity (Wildman–Crippen MR) is 77.2 cm³/mol. The molecule has 0 unspecified atom stereocenters. The van der Waals surface area contributed by atoms with E-state index >= 15 is 0 Å². The van der Waals surface area contributed by atoms with Crippen molar-refractivity contribution in [1.29, 1.82) is 0 Å². The fourth-order valence-corrected chi connectivity index (χ4v) is 2.92. The Hall–Kier alpha value is -1.92. The van der Waals surface area contributed by atoms with Crippen LogP contribution in [0.1, 0.15) is 16.4 Å². The minimum atomic E-state index is -0.0450. The highest BCUT2D eigenvalue weighted by Crippen LogP contribution is 2.19. The Morgan fingerprint density at radius 1 is 1.30 bits per heavy atom. The molecule has 0 amide bonds. The fraction of sp³-hybridized carbons (Fsp3) is 0.286. The summed E-state index contributed by atoms with van der Waals surface area (Å²) >= 11 is 1.53. The highest BCUT2D eigenvalue weighted by atomic mass is 32.1. The van der Waals surface area contributed by atoms with Gasteiger partial charge in [-0.1, -0.05) is 29.5 Å². The summed E-state index contributed by atoms with van der Waals surface area (Å²) in [5.74, 6) is 0.862. The van der Waals surface area contributed by atoms with Gasteiger partial charge >= 0.3 is 0 Å². The van der Waals surface area contributed by atoms with E-state index in [-0.39, 0.29) is 6.61 Å². The monoisotopic (exact) mass is 289 g/mol. The van der Waals surface area contributed by atoms with Gasteiger partial charge in [-0.2, -0.15) is 5.10 Å². The van der Waals surface area contributed by atoms with Crippen LogP contribution in [0.3, 0.4) is 0 Å². The van der Waals surface area contributed by atoms with Crippen LogP contribution in [0.5, 0.6) is 5.75 Å². The molecule has 0 aliphatic rings. The third-order valence-electron chi connectivity index (χ3n) is 3.02. The van der Waals surface area contributed by atoms with Crippen LogP contribution in [0.15, 0.2) is 30.3 Å². The summed E-state index contributed by atoms with van der Waals surface area (Å²) in [5, 5.41) is 14.7. The minimum Gasteiger partial charge on any atom is -0.493 e.